The first kappa shape index (κ1) is 15.0. The zero-order valence-electron chi connectivity index (χ0n) is 10.2. The summed E-state index contributed by atoms with van der Waals surface area (Å²) in [6, 6.07) is 0. The fourth-order valence-corrected chi connectivity index (χ4v) is 0.592. The van der Waals surface area contributed by atoms with Crippen LogP contribution < -0.4 is 5.32 Å². The highest BCUT2D eigenvalue weighted by atomic mass is 16.1. The third-order valence-corrected chi connectivity index (χ3v) is 2.23. The zero-order chi connectivity index (χ0) is 11.1. The largest absolute Gasteiger partial charge is 0.351 e. The normalized spacial score (nSPS) is 10.5. The van der Waals surface area contributed by atoms with Crippen molar-refractivity contribution in [2.45, 2.75) is 60.4 Å². The smallest absolute Gasteiger partial charge is 0.220 e. The van der Waals surface area contributed by atoms with Crippen LogP contribution in [0.2, 0.25) is 0 Å². The van der Waals surface area contributed by atoms with E-state index in [-0.39, 0.29) is 11.4 Å². The summed E-state index contributed by atoms with van der Waals surface area (Å²) < 4.78 is 0. The quantitative estimate of drug-likeness (QED) is 0.723. The van der Waals surface area contributed by atoms with Crippen LogP contribution in [0.25, 0.3) is 0 Å². The lowest BCUT2D eigenvalue weighted by molar-refractivity contribution is -0.122. The van der Waals surface area contributed by atoms with Crippen molar-refractivity contribution in [3.63, 3.8) is 0 Å². The maximum absolute atomic E-state index is 11.0. The van der Waals surface area contributed by atoms with Crippen LogP contribution in [0, 0.1) is 5.92 Å². The summed E-state index contributed by atoms with van der Waals surface area (Å²) in [6.45, 7) is 14.2. The van der Waals surface area contributed by atoms with E-state index in [0.29, 0.717) is 12.3 Å². The maximum Gasteiger partial charge on any atom is 0.220 e. The molecule has 0 aromatic carbocycles. The summed E-state index contributed by atoms with van der Waals surface area (Å²) in [4.78, 5) is 11.0. The molecule has 0 heterocycles. The van der Waals surface area contributed by atoms with Crippen LogP contribution in [0.4, 0.5) is 0 Å². The summed E-state index contributed by atoms with van der Waals surface area (Å²) >= 11 is 0. The van der Waals surface area contributed by atoms with Gasteiger partial charge in [0.1, 0.15) is 0 Å². The first-order valence-electron chi connectivity index (χ1n) is 5.21. The van der Waals surface area contributed by atoms with Crippen molar-refractivity contribution in [3.05, 3.63) is 0 Å². The van der Waals surface area contributed by atoms with E-state index in [9.17, 15) is 4.79 Å². The predicted molar refractivity (Wildman–Crippen MR) is 58.7 cm³/mol. The summed E-state index contributed by atoms with van der Waals surface area (Å²) in [5.74, 6) is 0.599. The topological polar surface area (TPSA) is 29.1 Å². The van der Waals surface area contributed by atoms with E-state index < -0.39 is 0 Å². The van der Waals surface area contributed by atoms with Gasteiger partial charge in [0.05, 0.1) is 0 Å². The summed E-state index contributed by atoms with van der Waals surface area (Å²) in [5, 5.41) is 2.97. The molecule has 80 valence electrons. The van der Waals surface area contributed by atoms with Gasteiger partial charge >= 0.3 is 0 Å². The van der Waals surface area contributed by atoms with Crippen LogP contribution in [-0.4, -0.2) is 11.4 Å². The molecule has 1 N–H and O–H groups in total. The third kappa shape index (κ3) is 6.62. The Morgan fingerprint density at radius 2 is 1.69 bits per heavy atom. The Balaban J connectivity index is 0. The standard InChI is InChI=1S/C9H19NO.C2H6/c1-6-8(11)10-9(4,5)7(2)3;1-2/h7H,6H2,1-5H3,(H,10,11);1-2H3. The van der Waals surface area contributed by atoms with E-state index in [2.05, 4.69) is 19.2 Å². The lowest BCUT2D eigenvalue weighted by Crippen LogP contribution is -2.47. The van der Waals surface area contributed by atoms with Crippen molar-refractivity contribution in [3.8, 4) is 0 Å². The highest BCUT2D eigenvalue weighted by Crippen LogP contribution is 2.14. The summed E-state index contributed by atoms with van der Waals surface area (Å²) in [5.41, 5.74) is -0.0763. The second-order valence-corrected chi connectivity index (χ2v) is 3.78. The lowest BCUT2D eigenvalue weighted by Gasteiger charge is -2.30. The van der Waals surface area contributed by atoms with Crippen LogP contribution in [0.3, 0.4) is 0 Å². The van der Waals surface area contributed by atoms with Gasteiger partial charge in [-0.2, -0.15) is 0 Å². The Kier molecular flexibility index (Phi) is 7.98. The fourth-order valence-electron chi connectivity index (χ4n) is 0.592. The van der Waals surface area contributed by atoms with Gasteiger partial charge in [0.15, 0.2) is 0 Å². The average Bonchev–Trinajstić information content (AvgIpc) is 2.07. The molecule has 0 fully saturated rings. The average molecular weight is 187 g/mol. The Morgan fingerprint density at radius 1 is 1.31 bits per heavy atom. The number of nitrogens with one attached hydrogen (secondary N) is 1. The van der Waals surface area contributed by atoms with Crippen LogP contribution >= 0.6 is 0 Å². The molecule has 0 rings (SSSR count). The molecular formula is C11H25NO. The summed E-state index contributed by atoms with van der Waals surface area (Å²) in [7, 11) is 0. The molecule has 0 aromatic heterocycles. The van der Waals surface area contributed by atoms with E-state index in [1.54, 1.807) is 0 Å². The van der Waals surface area contributed by atoms with E-state index in [4.69, 9.17) is 0 Å². The van der Waals surface area contributed by atoms with E-state index >= 15 is 0 Å². The number of amides is 1. The molecule has 0 saturated heterocycles. The molecule has 0 aliphatic heterocycles. The lowest BCUT2D eigenvalue weighted by atomic mass is 9.91. The molecule has 0 atom stereocenters. The molecule has 0 unspecified atom stereocenters. The molecule has 0 aliphatic rings. The first-order chi connectivity index (χ1) is 5.90. The highest BCUT2D eigenvalue weighted by Gasteiger charge is 2.23. The Hall–Kier alpha value is -0.530. The summed E-state index contributed by atoms with van der Waals surface area (Å²) in [6.07, 6.45) is 0.566. The van der Waals surface area contributed by atoms with Crippen molar-refractivity contribution in [1.82, 2.24) is 5.32 Å². The molecule has 0 radical (unpaired) electrons. The van der Waals surface area contributed by atoms with Gasteiger partial charge in [0.2, 0.25) is 5.91 Å². The fraction of sp³-hybridized carbons (Fsp3) is 0.909. The predicted octanol–water partition coefficient (Wildman–Crippen LogP) is 2.97. The van der Waals surface area contributed by atoms with E-state index in [1.165, 1.54) is 0 Å². The number of carbonyl (C=O) groups is 1. The molecule has 0 bridgehead atoms. The van der Waals surface area contributed by atoms with Gasteiger partial charge in [0, 0.05) is 12.0 Å². The third-order valence-electron chi connectivity index (χ3n) is 2.23. The number of hydrogen-bond acceptors (Lipinski definition) is 1. The SMILES string of the molecule is CC.CCC(=O)NC(C)(C)C(C)C. The van der Waals surface area contributed by atoms with E-state index in [0.717, 1.165) is 0 Å². The first-order valence-corrected chi connectivity index (χ1v) is 5.21. The molecular weight excluding hydrogens is 162 g/mol. The second kappa shape index (κ2) is 6.93. The van der Waals surface area contributed by atoms with Crippen LogP contribution in [0.1, 0.15) is 54.9 Å². The van der Waals surface area contributed by atoms with Gasteiger partial charge in [-0.1, -0.05) is 34.6 Å². The van der Waals surface area contributed by atoms with Crippen molar-refractivity contribution < 1.29 is 4.79 Å². The number of rotatable bonds is 3. The van der Waals surface area contributed by atoms with Gasteiger partial charge in [-0.15, -0.1) is 0 Å². The molecule has 0 spiro atoms. The van der Waals surface area contributed by atoms with Gasteiger partial charge in [-0.05, 0) is 19.8 Å². The molecule has 2 nitrogen and oxygen atoms in total. The van der Waals surface area contributed by atoms with Crippen molar-refractivity contribution >= 4 is 5.91 Å². The highest BCUT2D eigenvalue weighted by molar-refractivity contribution is 5.76. The Bertz CT molecular complexity index is 139. The molecule has 1 amide bonds. The Labute approximate surface area is 83.1 Å². The van der Waals surface area contributed by atoms with Gasteiger partial charge in [0.25, 0.3) is 0 Å². The van der Waals surface area contributed by atoms with Crippen LogP contribution in [-0.2, 0) is 4.79 Å². The second-order valence-electron chi connectivity index (χ2n) is 3.78. The molecule has 2 heteroatoms. The number of carbonyl (C=O) groups excluding carboxylic acids is 1. The number of hydrogen-bond donors (Lipinski definition) is 1. The molecule has 0 aliphatic carbocycles. The van der Waals surface area contributed by atoms with Crippen molar-refractivity contribution in [2.75, 3.05) is 0 Å². The molecule has 13 heavy (non-hydrogen) atoms. The Morgan fingerprint density at radius 3 is 1.92 bits per heavy atom. The monoisotopic (exact) mass is 187 g/mol. The van der Waals surface area contributed by atoms with Crippen LogP contribution in [0.15, 0.2) is 0 Å². The van der Waals surface area contributed by atoms with Crippen LogP contribution in [0.5, 0.6) is 0 Å². The molecule has 0 saturated carbocycles. The minimum atomic E-state index is -0.0763. The minimum Gasteiger partial charge on any atom is -0.351 e. The minimum absolute atomic E-state index is 0.0763. The zero-order valence-corrected chi connectivity index (χ0v) is 10.2. The van der Waals surface area contributed by atoms with Crippen molar-refractivity contribution in [1.29, 1.82) is 0 Å². The van der Waals surface area contributed by atoms with Gasteiger partial charge in [-0.25, -0.2) is 0 Å². The molecule has 0 aromatic rings. The van der Waals surface area contributed by atoms with E-state index in [1.807, 2.05) is 34.6 Å². The van der Waals surface area contributed by atoms with Gasteiger partial charge in [-0.3, -0.25) is 4.79 Å². The maximum atomic E-state index is 11.0. The van der Waals surface area contributed by atoms with Gasteiger partial charge < -0.3 is 5.32 Å². The van der Waals surface area contributed by atoms with Crippen molar-refractivity contribution in [2.24, 2.45) is 5.92 Å².